The number of carbonyl (C=O) groups is 1. The molecular weight excluding hydrogens is 344 g/mol. The van der Waals surface area contributed by atoms with Gasteiger partial charge in [-0.1, -0.05) is 18.2 Å². The van der Waals surface area contributed by atoms with E-state index < -0.39 is 0 Å². The maximum Gasteiger partial charge on any atom is 0.254 e. The Morgan fingerprint density at radius 3 is 2.26 bits per heavy atom. The monoisotopic (exact) mass is 370 g/mol. The minimum atomic E-state index is -0.0276. The summed E-state index contributed by atoms with van der Waals surface area (Å²) in [5.41, 5.74) is 1.65. The summed E-state index contributed by atoms with van der Waals surface area (Å²) in [5.74, 6) is 2.02. The molecule has 27 heavy (non-hydrogen) atoms. The molecule has 1 saturated heterocycles. The molecule has 2 aromatic rings. The van der Waals surface area contributed by atoms with Crippen molar-refractivity contribution in [2.75, 3.05) is 48.0 Å². The molecule has 0 aliphatic carbocycles. The number of hydrogen-bond donors (Lipinski definition) is 0. The van der Waals surface area contributed by atoms with Crippen molar-refractivity contribution in [2.45, 2.75) is 6.04 Å². The van der Waals surface area contributed by atoms with Gasteiger partial charge in [-0.3, -0.25) is 9.69 Å². The van der Waals surface area contributed by atoms with Crippen LogP contribution >= 0.6 is 0 Å². The fraction of sp³-hybridized carbons (Fsp3) is 0.381. The van der Waals surface area contributed by atoms with Crippen molar-refractivity contribution >= 4 is 5.91 Å². The molecule has 1 heterocycles. The first-order chi connectivity index (χ1) is 13.1. The number of methoxy groups -OCH3 is 3. The maximum absolute atomic E-state index is 13.1. The SMILES string of the molecule is COc1cc(OC)cc(C(=O)N2CCN(C)C(c3ccccc3OC)C2)c1. The zero-order chi connectivity index (χ0) is 19.4. The standard InChI is InChI=1S/C21H26N2O4/c1-22-9-10-23(14-19(22)18-7-5-6-8-20(18)27-4)21(24)15-11-16(25-2)13-17(12-15)26-3/h5-8,11-13,19H,9-10,14H2,1-4H3. The number of likely N-dealkylation sites (N-methyl/N-ethyl adjacent to an activating group) is 1. The van der Waals surface area contributed by atoms with Gasteiger partial charge in [0.05, 0.1) is 27.4 Å². The van der Waals surface area contributed by atoms with E-state index in [1.807, 2.05) is 23.1 Å². The number of nitrogens with zero attached hydrogens (tertiary/aromatic N) is 2. The van der Waals surface area contributed by atoms with E-state index >= 15 is 0 Å². The molecule has 0 N–H and O–H groups in total. The topological polar surface area (TPSA) is 51.2 Å². The summed E-state index contributed by atoms with van der Waals surface area (Å²) >= 11 is 0. The van der Waals surface area contributed by atoms with Crippen molar-refractivity contribution < 1.29 is 19.0 Å². The Labute approximate surface area is 160 Å². The molecule has 1 unspecified atom stereocenters. The largest absolute Gasteiger partial charge is 0.497 e. The van der Waals surface area contributed by atoms with Crippen LogP contribution < -0.4 is 14.2 Å². The van der Waals surface area contributed by atoms with Crippen LogP contribution in [0.3, 0.4) is 0 Å². The minimum absolute atomic E-state index is 0.0276. The number of carbonyl (C=O) groups excluding carboxylic acids is 1. The third-order valence-corrected chi connectivity index (χ3v) is 5.03. The van der Waals surface area contributed by atoms with Crippen LogP contribution in [0.25, 0.3) is 0 Å². The highest BCUT2D eigenvalue weighted by Crippen LogP contribution is 2.32. The summed E-state index contributed by atoms with van der Waals surface area (Å²) in [6.07, 6.45) is 0. The van der Waals surface area contributed by atoms with Gasteiger partial charge in [0.25, 0.3) is 5.91 Å². The molecule has 1 aliphatic heterocycles. The molecule has 1 amide bonds. The molecule has 1 atom stereocenters. The lowest BCUT2D eigenvalue weighted by Gasteiger charge is -2.40. The van der Waals surface area contributed by atoms with Crippen molar-refractivity contribution in [3.05, 3.63) is 53.6 Å². The van der Waals surface area contributed by atoms with Crippen molar-refractivity contribution in [1.29, 1.82) is 0 Å². The second-order valence-corrected chi connectivity index (χ2v) is 6.59. The number of amides is 1. The molecule has 6 nitrogen and oxygen atoms in total. The van der Waals surface area contributed by atoms with Crippen molar-refractivity contribution in [1.82, 2.24) is 9.80 Å². The second-order valence-electron chi connectivity index (χ2n) is 6.59. The van der Waals surface area contributed by atoms with Crippen LogP contribution in [0.1, 0.15) is 22.0 Å². The number of piperazine rings is 1. The van der Waals surface area contributed by atoms with Crippen LogP contribution in [-0.4, -0.2) is 63.7 Å². The summed E-state index contributed by atoms with van der Waals surface area (Å²) in [7, 11) is 6.91. The van der Waals surface area contributed by atoms with Gasteiger partial charge >= 0.3 is 0 Å². The Hall–Kier alpha value is -2.73. The Bertz CT molecular complexity index is 786. The van der Waals surface area contributed by atoms with Gasteiger partial charge in [-0.05, 0) is 25.2 Å². The van der Waals surface area contributed by atoms with Gasteiger partial charge in [-0.2, -0.15) is 0 Å². The molecule has 0 saturated carbocycles. The van der Waals surface area contributed by atoms with E-state index in [0.29, 0.717) is 30.2 Å². The van der Waals surface area contributed by atoms with Crippen molar-refractivity contribution in [3.8, 4) is 17.2 Å². The van der Waals surface area contributed by atoms with Crippen LogP contribution in [0.5, 0.6) is 17.2 Å². The number of para-hydroxylation sites is 1. The van der Waals surface area contributed by atoms with Gasteiger partial charge in [-0.15, -0.1) is 0 Å². The van der Waals surface area contributed by atoms with E-state index in [2.05, 4.69) is 18.0 Å². The normalized spacial score (nSPS) is 17.5. The Morgan fingerprint density at radius 2 is 1.63 bits per heavy atom. The van der Waals surface area contributed by atoms with E-state index in [0.717, 1.165) is 17.9 Å². The van der Waals surface area contributed by atoms with Gasteiger partial charge < -0.3 is 19.1 Å². The van der Waals surface area contributed by atoms with E-state index in [1.165, 1.54) is 0 Å². The average Bonchev–Trinajstić information content (AvgIpc) is 2.73. The molecule has 2 aromatic carbocycles. The predicted octanol–water partition coefficient (Wildman–Crippen LogP) is 2.84. The van der Waals surface area contributed by atoms with Crippen LogP contribution in [-0.2, 0) is 0 Å². The van der Waals surface area contributed by atoms with Gasteiger partial charge in [-0.25, -0.2) is 0 Å². The highest BCUT2D eigenvalue weighted by Gasteiger charge is 2.30. The highest BCUT2D eigenvalue weighted by atomic mass is 16.5. The minimum Gasteiger partial charge on any atom is -0.497 e. The first-order valence-corrected chi connectivity index (χ1v) is 8.93. The van der Waals surface area contributed by atoms with Crippen LogP contribution in [0.2, 0.25) is 0 Å². The molecule has 1 aliphatic rings. The van der Waals surface area contributed by atoms with E-state index in [-0.39, 0.29) is 11.9 Å². The summed E-state index contributed by atoms with van der Waals surface area (Å²) in [4.78, 5) is 17.3. The lowest BCUT2D eigenvalue weighted by atomic mass is 10.0. The van der Waals surface area contributed by atoms with Gasteiger partial charge in [0.1, 0.15) is 17.2 Å². The molecule has 144 valence electrons. The van der Waals surface area contributed by atoms with E-state index in [1.54, 1.807) is 39.5 Å². The fourth-order valence-electron chi connectivity index (χ4n) is 3.45. The fourth-order valence-corrected chi connectivity index (χ4v) is 3.45. The molecule has 0 spiro atoms. The first kappa shape index (κ1) is 19.0. The molecule has 3 rings (SSSR count). The summed E-state index contributed by atoms with van der Waals surface area (Å²) in [5, 5.41) is 0. The third-order valence-electron chi connectivity index (χ3n) is 5.03. The number of benzene rings is 2. The molecule has 0 aromatic heterocycles. The lowest BCUT2D eigenvalue weighted by molar-refractivity contribution is 0.0541. The number of rotatable bonds is 5. The third kappa shape index (κ3) is 4.01. The molecular formula is C21H26N2O4. The Morgan fingerprint density at radius 1 is 0.963 bits per heavy atom. The van der Waals surface area contributed by atoms with Gasteiger partial charge in [0.15, 0.2) is 0 Å². The maximum atomic E-state index is 13.1. The van der Waals surface area contributed by atoms with Crippen LogP contribution in [0, 0.1) is 0 Å². The molecule has 1 fully saturated rings. The molecule has 6 heteroatoms. The van der Waals surface area contributed by atoms with E-state index in [9.17, 15) is 4.79 Å². The van der Waals surface area contributed by atoms with Gasteiger partial charge in [0, 0.05) is 36.8 Å². The summed E-state index contributed by atoms with van der Waals surface area (Å²) < 4.78 is 16.1. The van der Waals surface area contributed by atoms with Gasteiger partial charge in [0.2, 0.25) is 0 Å². The number of hydrogen-bond acceptors (Lipinski definition) is 5. The van der Waals surface area contributed by atoms with Crippen molar-refractivity contribution in [2.24, 2.45) is 0 Å². The van der Waals surface area contributed by atoms with Crippen LogP contribution in [0.15, 0.2) is 42.5 Å². The molecule has 0 radical (unpaired) electrons. The summed E-state index contributed by atoms with van der Waals surface area (Å²) in [6.45, 7) is 2.05. The average molecular weight is 370 g/mol. The summed E-state index contributed by atoms with van der Waals surface area (Å²) in [6, 6.07) is 13.3. The Balaban J connectivity index is 1.86. The Kier molecular flexibility index (Phi) is 5.86. The predicted molar refractivity (Wildman–Crippen MR) is 104 cm³/mol. The number of ether oxygens (including phenoxy) is 3. The van der Waals surface area contributed by atoms with Crippen LogP contribution in [0.4, 0.5) is 0 Å². The highest BCUT2D eigenvalue weighted by molar-refractivity contribution is 5.95. The quantitative estimate of drug-likeness (QED) is 0.810. The lowest BCUT2D eigenvalue weighted by Crippen LogP contribution is -2.49. The second kappa shape index (κ2) is 8.31. The molecule has 0 bridgehead atoms. The first-order valence-electron chi connectivity index (χ1n) is 8.93. The van der Waals surface area contributed by atoms with Crippen molar-refractivity contribution in [3.63, 3.8) is 0 Å². The zero-order valence-corrected chi connectivity index (χ0v) is 16.3. The zero-order valence-electron chi connectivity index (χ0n) is 16.3. The smallest absolute Gasteiger partial charge is 0.254 e. The van der Waals surface area contributed by atoms with E-state index in [4.69, 9.17) is 14.2 Å².